The molecule has 0 atom stereocenters. The van der Waals surface area contributed by atoms with Crippen LogP contribution in [0.25, 0.3) is 0 Å². The molecule has 1 amide bonds. The average molecular weight is 285 g/mol. The van der Waals surface area contributed by atoms with Crippen molar-refractivity contribution < 1.29 is 14.3 Å². The number of hydrogen-bond donors (Lipinski definition) is 1. The van der Waals surface area contributed by atoms with E-state index in [1.165, 1.54) is 44.9 Å². The van der Waals surface area contributed by atoms with Gasteiger partial charge in [0.1, 0.15) is 6.54 Å². The van der Waals surface area contributed by atoms with Gasteiger partial charge in [0.15, 0.2) is 0 Å². The minimum Gasteiger partial charge on any atom is -0.465 e. The lowest BCUT2D eigenvalue weighted by Gasteiger charge is -2.05. The molecule has 4 heteroatoms. The van der Waals surface area contributed by atoms with Gasteiger partial charge in [-0.2, -0.15) is 0 Å². The number of carbonyl (C=O) groups is 2. The van der Waals surface area contributed by atoms with Gasteiger partial charge >= 0.3 is 5.97 Å². The fourth-order valence-electron chi connectivity index (χ4n) is 2.07. The zero-order chi connectivity index (χ0) is 15.1. The Morgan fingerprint density at radius 2 is 1.40 bits per heavy atom. The first-order valence-corrected chi connectivity index (χ1v) is 8.13. The molecule has 0 saturated heterocycles. The van der Waals surface area contributed by atoms with Gasteiger partial charge in [-0.1, -0.05) is 58.3 Å². The molecule has 0 unspecified atom stereocenters. The number of ether oxygens (including phenoxy) is 1. The number of rotatable bonds is 13. The second-order valence-electron chi connectivity index (χ2n) is 5.16. The summed E-state index contributed by atoms with van der Waals surface area (Å²) in [4.78, 5) is 22.5. The number of esters is 1. The van der Waals surface area contributed by atoms with Crippen LogP contribution in [0.3, 0.4) is 0 Å². The van der Waals surface area contributed by atoms with Crippen LogP contribution in [0, 0.1) is 0 Å². The monoisotopic (exact) mass is 285 g/mol. The molecule has 0 aromatic rings. The third-order valence-corrected chi connectivity index (χ3v) is 3.24. The van der Waals surface area contributed by atoms with Crippen LogP contribution in [0.15, 0.2) is 0 Å². The van der Waals surface area contributed by atoms with E-state index in [1.807, 2.05) is 0 Å². The van der Waals surface area contributed by atoms with Gasteiger partial charge in [0.05, 0.1) is 6.61 Å². The molecule has 0 aliphatic rings. The van der Waals surface area contributed by atoms with E-state index in [0.717, 1.165) is 12.8 Å². The molecular formula is C16H31NO3. The number of amides is 1. The third kappa shape index (κ3) is 13.4. The van der Waals surface area contributed by atoms with E-state index in [2.05, 4.69) is 12.2 Å². The van der Waals surface area contributed by atoms with Crippen molar-refractivity contribution in [2.45, 2.75) is 78.1 Å². The van der Waals surface area contributed by atoms with Crippen molar-refractivity contribution in [2.24, 2.45) is 0 Å². The fraction of sp³-hybridized carbons (Fsp3) is 0.875. The lowest BCUT2D eigenvalue weighted by atomic mass is 10.1. The maximum Gasteiger partial charge on any atom is 0.325 e. The molecule has 0 fully saturated rings. The summed E-state index contributed by atoms with van der Waals surface area (Å²) in [6, 6.07) is 0. The molecule has 0 spiro atoms. The Morgan fingerprint density at radius 1 is 0.850 bits per heavy atom. The predicted octanol–water partition coefficient (Wildman–Crippen LogP) is 3.59. The van der Waals surface area contributed by atoms with Gasteiger partial charge in [0, 0.05) is 6.42 Å². The van der Waals surface area contributed by atoms with Crippen molar-refractivity contribution in [3.8, 4) is 0 Å². The summed E-state index contributed by atoms with van der Waals surface area (Å²) in [5.41, 5.74) is 0. The van der Waals surface area contributed by atoms with Crippen LogP contribution in [0.1, 0.15) is 78.1 Å². The Hall–Kier alpha value is -1.06. The average Bonchev–Trinajstić information content (AvgIpc) is 2.43. The van der Waals surface area contributed by atoms with Crippen molar-refractivity contribution >= 4 is 11.9 Å². The molecule has 0 rings (SSSR count). The molecule has 0 radical (unpaired) electrons. The summed E-state index contributed by atoms with van der Waals surface area (Å²) in [6.07, 6.45) is 11.6. The molecule has 0 aliphatic heterocycles. The molecule has 0 bridgehead atoms. The zero-order valence-corrected chi connectivity index (χ0v) is 13.2. The molecule has 0 saturated carbocycles. The maximum absolute atomic E-state index is 11.4. The predicted molar refractivity (Wildman–Crippen MR) is 81.5 cm³/mol. The molecule has 20 heavy (non-hydrogen) atoms. The lowest BCUT2D eigenvalue weighted by molar-refractivity contribution is -0.143. The molecule has 1 N–H and O–H groups in total. The van der Waals surface area contributed by atoms with Gasteiger partial charge in [-0.05, 0) is 13.3 Å². The van der Waals surface area contributed by atoms with E-state index < -0.39 is 0 Å². The van der Waals surface area contributed by atoms with E-state index in [9.17, 15) is 9.59 Å². The van der Waals surface area contributed by atoms with Crippen molar-refractivity contribution in [3.63, 3.8) is 0 Å². The van der Waals surface area contributed by atoms with Crippen LogP contribution in [-0.2, 0) is 14.3 Å². The summed E-state index contributed by atoms with van der Waals surface area (Å²) in [5.74, 6) is -0.422. The van der Waals surface area contributed by atoms with Crippen LogP contribution in [0.4, 0.5) is 0 Å². The van der Waals surface area contributed by atoms with Gasteiger partial charge in [0.25, 0.3) is 0 Å². The van der Waals surface area contributed by atoms with Gasteiger partial charge in [0.2, 0.25) is 5.91 Å². The quantitative estimate of drug-likeness (QED) is 0.415. The first-order valence-electron chi connectivity index (χ1n) is 8.13. The summed E-state index contributed by atoms with van der Waals surface area (Å²) < 4.78 is 4.74. The highest BCUT2D eigenvalue weighted by atomic mass is 16.5. The molecule has 0 aromatic carbocycles. The van der Waals surface area contributed by atoms with Crippen LogP contribution >= 0.6 is 0 Å². The second-order valence-corrected chi connectivity index (χ2v) is 5.16. The lowest BCUT2D eigenvalue weighted by Crippen LogP contribution is -2.30. The Balaban J connectivity index is 3.25. The molecule has 0 aliphatic carbocycles. The summed E-state index contributed by atoms with van der Waals surface area (Å²) in [7, 11) is 0. The van der Waals surface area contributed by atoms with Crippen molar-refractivity contribution in [1.29, 1.82) is 0 Å². The number of hydrogen-bond acceptors (Lipinski definition) is 3. The highest BCUT2D eigenvalue weighted by Gasteiger charge is 2.05. The third-order valence-electron chi connectivity index (χ3n) is 3.24. The van der Waals surface area contributed by atoms with Crippen LogP contribution in [-0.4, -0.2) is 25.0 Å². The van der Waals surface area contributed by atoms with Crippen molar-refractivity contribution in [2.75, 3.05) is 13.2 Å². The van der Waals surface area contributed by atoms with E-state index in [0.29, 0.717) is 13.0 Å². The topological polar surface area (TPSA) is 55.4 Å². The van der Waals surface area contributed by atoms with Crippen molar-refractivity contribution in [3.05, 3.63) is 0 Å². The first kappa shape index (κ1) is 18.9. The summed E-state index contributed by atoms with van der Waals surface area (Å²) in [6.45, 7) is 4.33. The fourth-order valence-corrected chi connectivity index (χ4v) is 2.07. The van der Waals surface area contributed by atoms with Gasteiger partial charge in [-0.3, -0.25) is 9.59 Å². The standard InChI is InChI=1S/C16H31NO3/c1-3-5-6-7-8-9-10-11-12-13-15(18)17-14-16(19)20-4-2/h3-14H2,1-2H3,(H,17,18). The van der Waals surface area contributed by atoms with E-state index in [1.54, 1.807) is 6.92 Å². The minimum atomic E-state index is -0.368. The van der Waals surface area contributed by atoms with Crippen LogP contribution in [0.5, 0.6) is 0 Å². The van der Waals surface area contributed by atoms with Gasteiger partial charge in [-0.25, -0.2) is 0 Å². The van der Waals surface area contributed by atoms with Gasteiger partial charge in [-0.15, -0.1) is 0 Å². The Morgan fingerprint density at radius 3 is 1.95 bits per heavy atom. The number of nitrogens with one attached hydrogen (secondary N) is 1. The highest BCUT2D eigenvalue weighted by Crippen LogP contribution is 2.10. The largest absolute Gasteiger partial charge is 0.465 e. The summed E-state index contributed by atoms with van der Waals surface area (Å²) in [5, 5.41) is 2.58. The Bertz CT molecular complexity index is 254. The first-order chi connectivity index (χ1) is 9.70. The number of carbonyl (C=O) groups excluding carboxylic acids is 2. The van der Waals surface area contributed by atoms with Gasteiger partial charge < -0.3 is 10.1 Å². The normalized spacial score (nSPS) is 10.3. The molecule has 0 heterocycles. The molecular weight excluding hydrogens is 254 g/mol. The zero-order valence-electron chi connectivity index (χ0n) is 13.2. The van der Waals surface area contributed by atoms with E-state index >= 15 is 0 Å². The molecule has 118 valence electrons. The highest BCUT2D eigenvalue weighted by molar-refractivity contribution is 5.81. The summed E-state index contributed by atoms with van der Waals surface area (Å²) >= 11 is 0. The number of unbranched alkanes of at least 4 members (excludes halogenated alkanes) is 8. The minimum absolute atomic E-state index is 0.00982. The Kier molecular flexibility index (Phi) is 13.6. The van der Waals surface area contributed by atoms with E-state index in [-0.39, 0.29) is 18.4 Å². The maximum atomic E-state index is 11.4. The Labute approximate surface area is 123 Å². The van der Waals surface area contributed by atoms with Crippen LogP contribution < -0.4 is 5.32 Å². The van der Waals surface area contributed by atoms with Crippen LogP contribution in [0.2, 0.25) is 0 Å². The molecule has 4 nitrogen and oxygen atoms in total. The molecule has 0 aromatic heterocycles. The SMILES string of the molecule is CCCCCCCCCCCC(=O)NCC(=O)OCC. The second kappa shape index (κ2) is 14.4. The smallest absolute Gasteiger partial charge is 0.325 e. The van der Waals surface area contributed by atoms with E-state index in [4.69, 9.17) is 4.74 Å². The van der Waals surface area contributed by atoms with Crippen molar-refractivity contribution in [1.82, 2.24) is 5.32 Å².